The van der Waals surface area contributed by atoms with Crippen molar-refractivity contribution in [2.45, 2.75) is 106 Å². The van der Waals surface area contributed by atoms with Gasteiger partial charge in [-0.25, -0.2) is 0 Å². The van der Waals surface area contributed by atoms with Crippen molar-refractivity contribution in [1.29, 1.82) is 0 Å². The van der Waals surface area contributed by atoms with Crippen LogP contribution in [0.4, 0.5) is 0 Å². The first-order valence-electron chi connectivity index (χ1n) is 14.3. The van der Waals surface area contributed by atoms with E-state index in [1.807, 2.05) is 12.2 Å². The predicted octanol–water partition coefficient (Wildman–Crippen LogP) is 9.71. The van der Waals surface area contributed by atoms with Crippen molar-refractivity contribution in [2.24, 2.45) is 47.3 Å². The fourth-order valence-electron chi connectivity index (χ4n) is 7.43. The molecular formula is C32H52O2. The van der Waals surface area contributed by atoms with E-state index in [0.29, 0.717) is 35.2 Å². The van der Waals surface area contributed by atoms with Gasteiger partial charge in [-0.05, 0) is 106 Å². The third kappa shape index (κ3) is 7.28. The Balaban J connectivity index is 1.40. The summed E-state index contributed by atoms with van der Waals surface area (Å²) in [7, 11) is 0. The molecule has 34 heavy (non-hydrogen) atoms. The van der Waals surface area contributed by atoms with Crippen LogP contribution in [0, 0.1) is 47.3 Å². The van der Waals surface area contributed by atoms with E-state index in [9.17, 15) is 10.2 Å². The molecular weight excluding hydrogens is 416 g/mol. The maximum Gasteiger partial charge on any atom is 0.0958 e. The Bertz CT molecular complexity index is 757. The highest BCUT2D eigenvalue weighted by Crippen LogP contribution is 2.47. The highest BCUT2D eigenvalue weighted by Gasteiger charge is 2.38. The predicted molar refractivity (Wildman–Crippen MR) is 146 cm³/mol. The summed E-state index contributed by atoms with van der Waals surface area (Å²) in [4.78, 5) is 0. The first-order valence-corrected chi connectivity index (χ1v) is 14.3. The maximum absolute atomic E-state index is 10.4. The molecule has 0 radical (unpaired) electrons. The van der Waals surface area contributed by atoms with Gasteiger partial charge in [-0.1, -0.05) is 76.7 Å². The molecule has 0 aromatic carbocycles. The van der Waals surface area contributed by atoms with Gasteiger partial charge >= 0.3 is 0 Å². The summed E-state index contributed by atoms with van der Waals surface area (Å²) in [5.74, 6) is 6.65. The van der Waals surface area contributed by atoms with Gasteiger partial charge in [-0.2, -0.15) is 0 Å². The molecule has 0 aliphatic heterocycles. The first kappa shape index (κ1) is 27.2. The van der Waals surface area contributed by atoms with E-state index in [0.717, 1.165) is 30.1 Å². The lowest BCUT2D eigenvalue weighted by Gasteiger charge is -2.43. The minimum Gasteiger partial charge on any atom is -0.513 e. The van der Waals surface area contributed by atoms with Crippen LogP contribution >= 0.6 is 0 Å². The summed E-state index contributed by atoms with van der Waals surface area (Å²) in [6.45, 7) is 13.3. The summed E-state index contributed by atoms with van der Waals surface area (Å²) in [6, 6.07) is 0. The molecule has 192 valence electrons. The van der Waals surface area contributed by atoms with Crippen LogP contribution in [-0.4, -0.2) is 10.2 Å². The van der Waals surface area contributed by atoms with E-state index in [-0.39, 0.29) is 0 Å². The van der Waals surface area contributed by atoms with Gasteiger partial charge in [0.2, 0.25) is 0 Å². The monoisotopic (exact) mass is 468 g/mol. The molecule has 2 N–H and O–H groups in total. The Morgan fingerprint density at radius 2 is 1.15 bits per heavy atom. The van der Waals surface area contributed by atoms with Crippen LogP contribution in [0.1, 0.15) is 106 Å². The molecule has 4 unspecified atom stereocenters. The van der Waals surface area contributed by atoms with Crippen LogP contribution < -0.4 is 0 Å². The summed E-state index contributed by atoms with van der Waals surface area (Å²) >= 11 is 0. The molecule has 0 amide bonds. The average Bonchev–Trinajstić information content (AvgIpc) is 2.78. The number of rotatable bonds is 10. The van der Waals surface area contributed by atoms with Crippen LogP contribution in [0.25, 0.3) is 0 Å². The van der Waals surface area contributed by atoms with Crippen molar-refractivity contribution in [3.63, 3.8) is 0 Å². The number of hydrogen-bond donors (Lipinski definition) is 2. The second-order valence-electron chi connectivity index (χ2n) is 12.6. The van der Waals surface area contributed by atoms with Crippen LogP contribution in [0.3, 0.4) is 0 Å². The Morgan fingerprint density at radius 1 is 0.647 bits per heavy atom. The van der Waals surface area contributed by atoms with Gasteiger partial charge in [0.15, 0.2) is 0 Å². The molecule has 0 heterocycles. The zero-order chi connectivity index (χ0) is 24.8. The maximum atomic E-state index is 10.4. The van der Waals surface area contributed by atoms with E-state index in [4.69, 9.17) is 0 Å². The Morgan fingerprint density at radius 3 is 1.62 bits per heavy atom. The highest BCUT2D eigenvalue weighted by atomic mass is 16.3. The third-order valence-electron chi connectivity index (χ3n) is 9.54. The van der Waals surface area contributed by atoms with E-state index in [1.54, 1.807) is 12.5 Å². The van der Waals surface area contributed by atoms with Crippen LogP contribution in [0.2, 0.25) is 0 Å². The Labute approximate surface area is 210 Å². The van der Waals surface area contributed by atoms with E-state index >= 15 is 0 Å². The molecule has 3 rings (SSSR count). The fourth-order valence-corrected chi connectivity index (χ4v) is 7.43. The molecule has 0 spiro atoms. The lowest BCUT2D eigenvalue weighted by atomic mass is 9.62. The zero-order valence-electron chi connectivity index (χ0n) is 22.9. The number of aliphatic hydroxyl groups is 2. The molecule has 0 bridgehead atoms. The molecule has 2 nitrogen and oxygen atoms in total. The van der Waals surface area contributed by atoms with Crippen LogP contribution in [0.5, 0.6) is 0 Å². The van der Waals surface area contributed by atoms with Crippen molar-refractivity contribution in [1.82, 2.24) is 0 Å². The third-order valence-corrected chi connectivity index (χ3v) is 9.54. The molecule has 4 atom stereocenters. The van der Waals surface area contributed by atoms with Gasteiger partial charge in [0.1, 0.15) is 0 Å². The molecule has 3 fully saturated rings. The molecule has 3 aliphatic carbocycles. The minimum atomic E-state index is 0.370. The van der Waals surface area contributed by atoms with E-state index in [2.05, 4.69) is 46.8 Å². The summed E-state index contributed by atoms with van der Waals surface area (Å²) in [6.07, 6.45) is 21.3. The molecule has 0 saturated heterocycles. The number of hydrogen-bond acceptors (Lipinski definition) is 2. The summed E-state index contributed by atoms with van der Waals surface area (Å²) in [5.41, 5.74) is 2.98. The average molecular weight is 469 g/mol. The topological polar surface area (TPSA) is 40.5 Å². The van der Waals surface area contributed by atoms with Crippen molar-refractivity contribution >= 4 is 0 Å². The first-order chi connectivity index (χ1) is 16.2. The Hall–Kier alpha value is -1.44. The SMILES string of the molecule is C/C(O)=C\C=C(\CCC1CCC(CC/C(C)=C/C=C(/O)C2C(C)CC2C)CC1)C1C(C)CC1C. The lowest BCUT2D eigenvalue weighted by molar-refractivity contribution is 0.0910. The second-order valence-corrected chi connectivity index (χ2v) is 12.6. The molecule has 0 aromatic rings. The zero-order valence-corrected chi connectivity index (χ0v) is 22.9. The lowest BCUT2D eigenvalue weighted by Crippen LogP contribution is -2.34. The highest BCUT2D eigenvalue weighted by molar-refractivity contribution is 5.20. The van der Waals surface area contributed by atoms with E-state index < -0.39 is 0 Å². The number of allylic oxidation sites excluding steroid dienone is 8. The normalized spacial score (nSPS) is 37.8. The van der Waals surface area contributed by atoms with Gasteiger partial charge in [-0.15, -0.1) is 0 Å². The molecule has 3 aliphatic rings. The molecule has 3 saturated carbocycles. The van der Waals surface area contributed by atoms with Crippen LogP contribution in [0.15, 0.2) is 47.0 Å². The fraction of sp³-hybridized carbons (Fsp3) is 0.750. The Kier molecular flexibility index (Phi) is 9.98. The van der Waals surface area contributed by atoms with Gasteiger partial charge in [0, 0.05) is 5.92 Å². The largest absolute Gasteiger partial charge is 0.513 e. The van der Waals surface area contributed by atoms with Gasteiger partial charge < -0.3 is 10.2 Å². The van der Waals surface area contributed by atoms with Crippen molar-refractivity contribution in [3.05, 3.63) is 47.0 Å². The van der Waals surface area contributed by atoms with Crippen molar-refractivity contribution < 1.29 is 10.2 Å². The standard InChI is InChI=1S/C32H52O2/c1-21(8-18-30(34)32-24(4)20-25(32)5)7-10-27-11-13-28(14-12-27)15-17-29(16-9-26(6)33)31-22(2)19-23(31)3/h8-9,16,18,22-25,27-28,31-34H,7,10-15,17,19-20H2,1-6H3/b21-8+,26-9+,29-16-,30-18+. The van der Waals surface area contributed by atoms with E-state index in [1.165, 1.54) is 63.4 Å². The quantitative estimate of drug-likeness (QED) is 0.247. The van der Waals surface area contributed by atoms with Gasteiger partial charge in [0.25, 0.3) is 0 Å². The van der Waals surface area contributed by atoms with Gasteiger partial charge in [-0.3, -0.25) is 0 Å². The number of aliphatic hydroxyl groups excluding tert-OH is 2. The summed E-state index contributed by atoms with van der Waals surface area (Å²) < 4.78 is 0. The molecule has 2 heteroatoms. The smallest absolute Gasteiger partial charge is 0.0958 e. The van der Waals surface area contributed by atoms with Crippen molar-refractivity contribution in [3.8, 4) is 0 Å². The minimum absolute atomic E-state index is 0.370. The molecule has 0 aromatic heterocycles. The second kappa shape index (κ2) is 12.5. The summed E-state index contributed by atoms with van der Waals surface area (Å²) in [5, 5.41) is 20.1. The van der Waals surface area contributed by atoms with Crippen LogP contribution in [-0.2, 0) is 0 Å². The van der Waals surface area contributed by atoms with Gasteiger partial charge in [0.05, 0.1) is 11.5 Å². The van der Waals surface area contributed by atoms with Crippen molar-refractivity contribution in [2.75, 3.05) is 0 Å².